The van der Waals surface area contributed by atoms with Crippen molar-refractivity contribution in [3.05, 3.63) is 24.0 Å². The van der Waals surface area contributed by atoms with Crippen LogP contribution in [0.3, 0.4) is 0 Å². The van der Waals surface area contributed by atoms with Gasteiger partial charge in [-0.15, -0.1) is 0 Å². The van der Waals surface area contributed by atoms with Crippen molar-refractivity contribution in [3.63, 3.8) is 0 Å². The highest BCUT2D eigenvalue weighted by Gasteiger charge is 2.01. The van der Waals surface area contributed by atoms with Crippen molar-refractivity contribution < 1.29 is 9.90 Å². The number of amides is 1. The Balaban J connectivity index is 2.27. The second kappa shape index (κ2) is 6.85. The Hall–Kier alpha value is -1.62. The average Bonchev–Trinajstić information content (AvgIpc) is 2.72. The number of aromatic nitrogens is 2. The molecule has 5 nitrogen and oxygen atoms in total. The molecule has 1 amide bonds. The van der Waals surface area contributed by atoms with Crippen LogP contribution in [-0.4, -0.2) is 33.4 Å². The topological polar surface area (TPSA) is 67.2 Å². The van der Waals surface area contributed by atoms with E-state index in [-0.39, 0.29) is 12.0 Å². The lowest BCUT2D eigenvalue weighted by atomic mass is 10.2. The van der Waals surface area contributed by atoms with Crippen LogP contribution in [0.25, 0.3) is 6.08 Å². The van der Waals surface area contributed by atoms with Gasteiger partial charge < -0.3 is 10.4 Å². The zero-order valence-electron chi connectivity index (χ0n) is 10.3. The number of nitrogens with one attached hydrogen (secondary N) is 1. The molecule has 0 saturated carbocycles. The Bertz CT molecular complexity index is 385. The van der Waals surface area contributed by atoms with Crippen molar-refractivity contribution in [2.75, 3.05) is 6.54 Å². The van der Waals surface area contributed by atoms with Crippen LogP contribution in [0.4, 0.5) is 0 Å². The van der Waals surface area contributed by atoms with Crippen molar-refractivity contribution in [2.24, 2.45) is 7.05 Å². The highest BCUT2D eigenvalue weighted by atomic mass is 16.3. The number of hydrogen-bond acceptors (Lipinski definition) is 3. The lowest BCUT2D eigenvalue weighted by molar-refractivity contribution is -0.116. The standard InChI is InChI=1S/C12H19N3O2/c1-3-11(16)6-7-13-12(17)5-4-10-8-14-15(2)9-10/h4-5,8-9,11,16H,3,6-7H2,1-2H3,(H,13,17)/b5-4+. The Labute approximate surface area is 101 Å². The van der Waals surface area contributed by atoms with Crippen molar-refractivity contribution in [2.45, 2.75) is 25.9 Å². The van der Waals surface area contributed by atoms with Gasteiger partial charge in [-0.2, -0.15) is 5.10 Å². The summed E-state index contributed by atoms with van der Waals surface area (Å²) in [6.45, 7) is 2.40. The van der Waals surface area contributed by atoms with E-state index in [1.807, 2.05) is 20.2 Å². The van der Waals surface area contributed by atoms with Crippen LogP contribution in [0.1, 0.15) is 25.3 Å². The fourth-order valence-electron chi connectivity index (χ4n) is 1.32. The van der Waals surface area contributed by atoms with Crippen LogP contribution in [-0.2, 0) is 11.8 Å². The number of aryl methyl sites for hydroxylation is 1. The summed E-state index contributed by atoms with van der Waals surface area (Å²) in [5.41, 5.74) is 0.885. The average molecular weight is 237 g/mol. The number of hydrogen-bond donors (Lipinski definition) is 2. The van der Waals surface area contributed by atoms with Gasteiger partial charge in [0.15, 0.2) is 0 Å². The van der Waals surface area contributed by atoms with Gasteiger partial charge in [0.2, 0.25) is 5.91 Å². The normalized spacial score (nSPS) is 12.9. The van der Waals surface area contributed by atoms with E-state index in [1.165, 1.54) is 6.08 Å². The summed E-state index contributed by atoms with van der Waals surface area (Å²) in [5, 5.41) is 16.0. The van der Waals surface area contributed by atoms with Gasteiger partial charge in [0.25, 0.3) is 0 Å². The highest BCUT2D eigenvalue weighted by molar-refractivity contribution is 5.91. The van der Waals surface area contributed by atoms with Crippen LogP contribution >= 0.6 is 0 Å². The first-order chi connectivity index (χ1) is 8.11. The van der Waals surface area contributed by atoms with Gasteiger partial charge in [-0.05, 0) is 18.9 Å². The minimum atomic E-state index is -0.336. The van der Waals surface area contributed by atoms with Gasteiger partial charge in [-0.25, -0.2) is 0 Å². The Morgan fingerprint density at radius 2 is 2.47 bits per heavy atom. The summed E-state index contributed by atoms with van der Waals surface area (Å²) in [6, 6.07) is 0. The van der Waals surface area contributed by atoms with Crippen molar-refractivity contribution >= 4 is 12.0 Å². The largest absolute Gasteiger partial charge is 0.393 e. The number of nitrogens with zero attached hydrogens (tertiary/aromatic N) is 2. The van der Waals surface area contributed by atoms with E-state index in [0.717, 1.165) is 5.56 Å². The first-order valence-electron chi connectivity index (χ1n) is 5.74. The molecule has 2 N–H and O–H groups in total. The molecular formula is C12H19N3O2. The van der Waals surface area contributed by atoms with Crippen LogP contribution in [0.15, 0.2) is 18.5 Å². The molecule has 0 spiro atoms. The lowest BCUT2D eigenvalue weighted by Crippen LogP contribution is -2.25. The zero-order valence-corrected chi connectivity index (χ0v) is 10.3. The SMILES string of the molecule is CCC(O)CCNC(=O)/C=C/c1cnn(C)c1. The van der Waals surface area contributed by atoms with Crippen LogP contribution in [0.2, 0.25) is 0 Å². The monoisotopic (exact) mass is 237 g/mol. The number of aliphatic hydroxyl groups is 1. The van der Waals surface area contributed by atoms with Gasteiger partial charge in [0, 0.05) is 31.4 Å². The summed E-state index contributed by atoms with van der Waals surface area (Å²) in [6.07, 6.45) is 7.64. The molecule has 1 heterocycles. The van der Waals surface area contributed by atoms with Gasteiger partial charge in [-0.3, -0.25) is 9.48 Å². The van der Waals surface area contributed by atoms with Gasteiger partial charge in [-0.1, -0.05) is 6.92 Å². The summed E-state index contributed by atoms with van der Waals surface area (Å²) in [4.78, 5) is 11.4. The third kappa shape index (κ3) is 5.31. The van der Waals surface area contributed by atoms with E-state index < -0.39 is 0 Å². The van der Waals surface area contributed by atoms with E-state index in [4.69, 9.17) is 0 Å². The molecule has 0 radical (unpaired) electrons. The third-order valence-corrected chi connectivity index (χ3v) is 2.40. The molecule has 0 bridgehead atoms. The molecule has 0 aliphatic rings. The second-order valence-corrected chi connectivity index (χ2v) is 3.92. The molecule has 17 heavy (non-hydrogen) atoms. The maximum absolute atomic E-state index is 11.4. The fraction of sp³-hybridized carbons (Fsp3) is 0.500. The number of carbonyl (C=O) groups is 1. The summed E-state index contributed by atoms with van der Waals surface area (Å²) >= 11 is 0. The summed E-state index contributed by atoms with van der Waals surface area (Å²) < 4.78 is 1.68. The predicted octanol–water partition coefficient (Wildman–Crippen LogP) is 0.710. The number of aliphatic hydroxyl groups excluding tert-OH is 1. The zero-order chi connectivity index (χ0) is 12.7. The van der Waals surface area contributed by atoms with Crippen molar-refractivity contribution in [1.82, 2.24) is 15.1 Å². The molecule has 1 unspecified atom stereocenters. The lowest BCUT2D eigenvalue weighted by Gasteiger charge is -2.06. The summed E-state index contributed by atoms with van der Waals surface area (Å²) in [7, 11) is 1.82. The van der Waals surface area contributed by atoms with Crippen LogP contribution in [0, 0.1) is 0 Å². The smallest absolute Gasteiger partial charge is 0.244 e. The van der Waals surface area contributed by atoms with Gasteiger partial charge in [0.05, 0.1) is 12.3 Å². The van der Waals surface area contributed by atoms with Crippen molar-refractivity contribution in [1.29, 1.82) is 0 Å². The minimum absolute atomic E-state index is 0.155. The van der Waals surface area contributed by atoms with Gasteiger partial charge in [0.1, 0.15) is 0 Å². The fourth-order valence-corrected chi connectivity index (χ4v) is 1.32. The van der Waals surface area contributed by atoms with E-state index in [0.29, 0.717) is 19.4 Å². The molecular weight excluding hydrogens is 218 g/mol. The first kappa shape index (κ1) is 13.4. The minimum Gasteiger partial charge on any atom is -0.393 e. The van der Waals surface area contributed by atoms with Gasteiger partial charge >= 0.3 is 0 Å². The van der Waals surface area contributed by atoms with E-state index >= 15 is 0 Å². The van der Waals surface area contributed by atoms with Crippen LogP contribution in [0.5, 0.6) is 0 Å². The molecule has 5 heteroatoms. The Morgan fingerprint density at radius 1 is 1.71 bits per heavy atom. The molecule has 0 fully saturated rings. The first-order valence-corrected chi connectivity index (χ1v) is 5.74. The van der Waals surface area contributed by atoms with E-state index in [1.54, 1.807) is 17.0 Å². The number of rotatable bonds is 6. The maximum Gasteiger partial charge on any atom is 0.244 e. The second-order valence-electron chi connectivity index (χ2n) is 3.92. The molecule has 1 aromatic heterocycles. The van der Waals surface area contributed by atoms with E-state index in [9.17, 15) is 9.90 Å². The maximum atomic E-state index is 11.4. The van der Waals surface area contributed by atoms with Crippen LogP contribution < -0.4 is 5.32 Å². The highest BCUT2D eigenvalue weighted by Crippen LogP contribution is 1.99. The molecule has 1 aromatic rings. The summed E-state index contributed by atoms with van der Waals surface area (Å²) in [5.74, 6) is -0.155. The molecule has 1 rings (SSSR count). The van der Waals surface area contributed by atoms with E-state index in [2.05, 4.69) is 10.4 Å². The number of carbonyl (C=O) groups excluding carboxylic acids is 1. The molecule has 94 valence electrons. The molecule has 0 aliphatic carbocycles. The Kier molecular flexibility index (Phi) is 5.42. The Morgan fingerprint density at radius 3 is 3.06 bits per heavy atom. The predicted molar refractivity (Wildman–Crippen MR) is 66.2 cm³/mol. The molecule has 0 aromatic carbocycles. The molecule has 0 aliphatic heterocycles. The molecule has 1 atom stereocenters. The van der Waals surface area contributed by atoms with Crippen molar-refractivity contribution in [3.8, 4) is 0 Å². The molecule has 0 saturated heterocycles. The third-order valence-electron chi connectivity index (χ3n) is 2.40. The quantitative estimate of drug-likeness (QED) is 0.716.